The van der Waals surface area contributed by atoms with Crippen LogP contribution in [0.2, 0.25) is 0 Å². The highest BCUT2D eigenvalue weighted by molar-refractivity contribution is 5.94. The monoisotopic (exact) mass is 332 g/mol. The minimum atomic E-state index is 0.0198. The van der Waals surface area contributed by atoms with Crippen molar-refractivity contribution in [3.8, 4) is 5.75 Å². The maximum absolute atomic E-state index is 12.4. The SMILES string of the molecule is CCC[C@@H]1CN(C(=O)COc2ccc(C(C)=O)cc2)C[C@H]1N(C)C. The number of ether oxygens (including phenoxy) is 1. The number of ketones is 1. The molecule has 0 saturated carbocycles. The van der Waals surface area contributed by atoms with Gasteiger partial charge in [0, 0.05) is 24.7 Å². The number of amides is 1. The van der Waals surface area contributed by atoms with E-state index >= 15 is 0 Å². The van der Waals surface area contributed by atoms with Crippen LogP contribution in [0.5, 0.6) is 5.75 Å². The molecule has 1 aliphatic heterocycles. The van der Waals surface area contributed by atoms with Gasteiger partial charge in [0.25, 0.3) is 5.91 Å². The van der Waals surface area contributed by atoms with Crippen LogP contribution < -0.4 is 4.74 Å². The summed E-state index contributed by atoms with van der Waals surface area (Å²) in [5.41, 5.74) is 0.643. The van der Waals surface area contributed by atoms with Crippen molar-refractivity contribution in [3.05, 3.63) is 29.8 Å². The summed E-state index contributed by atoms with van der Waals surface area (Å²) in [7, 11) is 4.16. The van der Waals surface area contributed by atoms with Crippen molar-refractivity contribution in [1.29, 1.82) is 0 Å². The number of carbonyl (C=O) groups is 2. The highest BCUT2D eigenvalue weighted by Gasteiger charge is 2.35. The summed E-state index contributed by atoms with van der Waals surface area (Å²) in [6.45, 7) is 5.33. The van der Waals surface area contributed by atoms with E-state index in [9.17, 15) is 9.59 Å². The van der Waals surface area contributed by atoms with Crippen LogP contribution >= 0.6 is 0 Å². The smallest absolute Gasteiger partial charge is 0.260 e. The lowest BCUT2D eigenvalue weighted by Crippen LogP contribution is -2.37. The molecular formula is C19H28N2O3. The van der Waals surface area contributed by atoms with Gasteiger partial charge in [-0.3, -0.25) is 9.59 Å². The van der Waals surface area contributed by atoms with Crippen LogP contribution in [0.15, 0.2) is 24.3 Å². The molecule has 0 bridgehead atoms. The molecule has 0 aliphatic carbocycles. The Kier molecular flexibility index (Phi) is 6.37. The lowest BCUT2D eigenvalue weighted by atomic mass is 9.98. The van der Waals surface area contributed by atoms with Crippen LogP contribution in [-0.2, 0) is 4.79 Å². The van der Waals surface area contributed by atoms with Gasteiger partial charge in [-0.1, -0.05) is 13.3 Å². The highest BCUT2D eigenvalue weighted by atomic mass is 16.5. The summed E-state index contributed by atoms with van der Waals surface area (Å²) < 4.78 is 5.59. The highest BCUT2D eigenvalue weighted by Crippen LogP contribution is 2.25. The Bertz CT molecular complexity index is 568. The molecule has 1 aromatic carbocycles. The number of benzene rings is 1. The molecule has 1 amide bonds. The Labute approximate surface area is 144 Å². The van der Waals surface area contributed by atoms with E-state index in [-0.39, 0.29) is 18.3 Å². The topological polar surface area (TPSA) is 49.9 Å². The molecule has 1 aliphatic rings. The van der Waals surface area contributed by atoms with Gasteiger partial charge < -0.3 is 14.5 Å². The lowest BCUT2D eigenvalue weighted by Gasteiger charge is -2.24. The first-order valence-corrected chi connectivity index (χ1v) is 8.60. The summed E-state index contributed by atoms with van der Waals surface area (Å²) >= 11 is 0. The van der Waals surface area contributed by atoms with E-state index in [1.807, 2.05) is 4.90 Å². The van der Waals surface area contributed by atoms with E-state index in [4.69, 9.17) is 4.74 Å². The Balaban J connectivity index is 1.89. The third-order valence-electron chi connectivity index (χ3n) is 4.71. The van der Waals surface area contributed by atoms with Crippen LogP contribution in [0.4, 0.5) is 0 Å². The fourth-order valence-corrected chi connectivity index (χ4v) is 3.32. The first kappa shape index (κ1) is 18.5. The average Bonchev–Trinajstić information content (AvgIpc) is 2.97. The number of nitrogens with zero attached hydrogens (tertiary/aromatic N) is 2. The largest absolute Gasteiger partial charge is 0.484 e. The van der Waals surface area contributed by atoms with E-state index in [1.165, 1.54) is 6.92 Å². The number of Topliss-reactive ketones (excluding diaryl/α,β-unsaturated/α-hetero) is 1. The van der Waals surface area contributed by atoms with Crippen LogP contribution in [0, 0.1) is 5.92 Å². The molecule has 0 N–H and O–H groups in total. The molecule has 24 heavy (non-hydrogen) atoms. The average molecular weight is 332 g/mol. The Morgan fingerprint density at radius 2 is 1.88 bits per heavy atom. The minimum Gasteiger partial charge on any atom is -0.484 e. The zero-order chi connectivity index (χ0) is 17.7. The quantitative estimate of drug-likeness (QED) is 0.720. The molecular weight excluding hydrogens is 304 g/mol. The Morgan fingerprint density at radius 1 is 1.21 bits per heavy atom. The van der Waals surface area contributed by atoms with E-state index in [1.54, 1.807) is 24.3 Å². The Morgan fingerprint density at radius 3 is 2.42 bits per heavy atom. The normalized spacial score (nSPS) is 20.5. The molecule has 5 nitrogen and oxygen atoms in total. The standard InChI is InChI=1S/C19H28N2O3/c1-5-6-16-11-21(12-18(16)20(3)4)19(23)13-24-17-9-7-15(8-10-17)14(2)22/h7-10,16,18H,5-6,11-13H2,1-4H3/t16-,18-/m1/s1. The first-order chi connectivity index (χ1) is 11.4. The zero-order valence-electron chi connectivity index (χ0n) is 15.1. The number of rotatable bonds is 7. The van der Waals surface area contributed by atoms with Gasteiger partial charge in [0.05, 0.1) is 0 Å². The predicted molar refractivity (Wildman–Crippen MR) is 94.4 cm³/mol. The summed E-state index contributed by atoms with van der Waals surface area (Å²) in [6, 6.07) is 7.32. The van der Waals surface area contributed by atoms with Crippen molar-refractivity contribution < 1.29 is 14.3 Å². The first-order valence-electron chi connectivity index (χ1n) is 8.60. The molecule has 0 unspecified atom stereocenters. The number of likely N-dealkylation sites (tertiary alicyclic amines) is 1. The second-order valence-corrected chi connectivity index (χ2v) is 6.75. The fraction of sp³-hybridized carbons (Fsp3) is 0.579. The lowest BCUT2D eigenvalue weighted by molar-refractivity contribution is -0.132. The molecule has 0 spiro atoms. The van der Waals surface area contributed by atoms with Gasteiger partial charge in [0.15, 0.2) is 12.4 Å². The van der Waals surface area contributed by atoms with Gasteiger partial charge in [0.2, 0.25) is 0 Å². The molecule has 0 radical (unpaired) electrons. The molecule has 1 aromatic rings. The molecule has 1 fully saturated rings. The predicted octanol–water partition coefficient (Wildman–Crippen LogP) is 2.46. The fourth-order valence-electron chi connectivity index (χ4n) is 3.32. The molecule has 2 atom stereocenters. The summed E-state index contributed by atoms with van der Waals surface area (Å²) in [6.07, 6.45) is 2.27. The van der Waals surface area contributed by atoms with Crippen molar-refractivity contribution in [2.45, 2.75) is 32.7 Å². The third-order valence-corrected chi connectivity index (χ3v) is 4.71. The van der Waals surface area contributed by atoms with Crippen LogP contribution in [-0.4, -0.2) is 61.3 Å². The van der Waals surface area contributed by atoms with E-state index in [2.05, 4.69) is 25.9 Å². The molecule has 5 heteroatoms. The van der Waals surface area contributed by atoms with Crippen molar-refractivity contribution in [1.82, 2.24) is 9.80 Å². The van der Waals surface area contributed by atoms with Crippen LogP contribution in [0.3, 0.4) is 0 Å². The number of hydrogen-bond acceptors (Lipinski definition) is 4. The number of likely N-dealkylation sites (N-methyl/N-ethyl adjacent to an activating group) is 1. The van der Waals surface area contributed by atoms with Crippen LogP contribution in [0.1, 0.15) is 37.0 Å². The summed E-state index contributed by atoms with van der Waals surface area (Å²) in [4.78, 5) is 27.8. The molecule has 2 rings (SSSR count). The summed E-state index contributed by atoms with van der Waals surface area (Å²) in [5, 5.41) is 0. The maximum Gasteiger partial charge on any atom is 0.260 e. The van der Waals surface area contributed by atoms with Gasteiger partial charge in [-0.25, -0.2) is 0 Å². The molecule has 132 valence electrons. The zero-order valence-corrected chi connectivity index (χ0v) is 15.1. The van der Waals surface area contributed by atoms with Gasteiger partial charge in [-0.15, -0.1) is 0 Å². The molecule has 1 heterocycles. The number of carbonyl (C=O) groups excluding carboxylic acids is 2. The molecule has 1 saturated heterocycles. The Hall–Kier alpha value is -1.88. The number of hydrogen-bond donors (Lipinski definition) is 0. The van der Waals surface area contributed by atoms with Gasteiger partial charge >= 0.3 is 0 Å². The maximum atomic E-state index is 12.4. The second kappa shape index (κ2) is 8.29. The van der Waals surface area contributed by atoms with Crippen molar-refractivity contribution >= 4 is 11.7 Å². The van der Waals surface area contributed by atoms with E-state index < -0.39 is 0 Å². The second-order valence-electron chi connectivity index (χ2n) is 6.75. The van der Waals surface area contributed by atoms with Crippen LogP contribution in [0.25, 0.3) is 0 Å². The van der Waals surface area contributed by atoms with E-state index in [0.29, 0.717) is 23.3 Å². The third kappa shape index (κ3) is 4.57. The van der Waals surface area contributed by atoms with Gasteiger partial charge in [0.1, 0.15) is 5.75 Å². The van der Waals surface area contributed by atoms with Crippen molar-refractivity contribution in [2.75, 3.05) is 33.8 Å². The van der Waals surface area contributed by atoms with Gasteiger partial charge in [-0.05, 0) is 57.6 Å². The van der Waals surface area contributed by atoms with Gasteiger partial charge in [-0.2, -0.15) is 0 Å². The van der Waals surface area contributed by atoms with Crippen molar-refractivity contribution in [2.24, 2.45) is 5.92 Å². The molecule has 0 aromatic heterocycles. The minimum absolute atomic E-state index is 0.0198. The van der Waals surface area contributed by atoms with Crippen molar-refractivity contribution in [3.63, 3.8) is 0 Å². The van der Waals surface area contributed by atoms with E-state index in [0.717, 1.165) is 25.9 Å². The summed E-state index contributed by atoms with van der Waals surface area (Å²) in [5.74, 6) is 1.19.